The van der Waals surface area contributed by atoms with Crippen molar-refractivity contribution in [3.8, 4) is 0 Å². The molecule has 1 heterocycles. The zero-order chi connectivity index (χ0) is 9.71. The Kier molecular flexibility index (Phi) is 1.68. The zero-order valence-electron chi connectivity index (χ0n) is 8.48. The number of nitrogens with zero attached hydrogens (tertiary/aromatic N) is 3. The van der Waals surface area contributed by atoms with Crippen LogP contribution >= 0.6 is 0 Å². The highest BCUT2D eigenvalue weighted by molar-refractivity contribution is 5.14. The normalized spacial score (nSPS) is 30.7. The first kappa shape index (κ1) is 8.41. The molecule has 3 rings (SSSR count). The van der Waals surface area contributed by atoms with Crippen molar-refractivity contribution in [3.63, 3.8) is 0 Å². The predicted octanol–water partition coefficient (Wildman–Crippen LogP) is 1.20. The van der Waals surface area contributed by atoms with Crippen molar-refractivity contribution in [2.45, 2.75) is 44.7 Å². The Morgan fingerprint density at radius 1 is 1.43 bits per heavy atom. The summed E-state index contributed by atoms with van der Waals surface area (Å²) in [5, 5.41) is 8.47. The standard InChI is InChI=1S/C10H16N4/c1-6-4-8(6)10-13-12-9(5-11)14(10)7-2-3-7/h6-8H,2-5,11H2,1H3. The van der Waals surface area contributed by atoms with Crippen LogP contribution in [0.4, 0.5) is 0 Å². The third-order valence-corrected chi connectivity index (χ3v) is 3.33. The molecule has 2 atom stereocenters. The lowest BCUT2D eigenvalue weighted by atomic mass is 10.3. The minimum absolute atomic E-state index is 0.518. The lowest BCUT2D eigenvalue weighted by Gasteiger charge is -2.06. The maximum atomic E-state index is 5.66. The smallest absolute Gasteiger partial charge is 0.147 e. The van der Waals surface area contributed by atoms with Gasteiger partial charge in [-0.05, 0) is 25.2 Å². The van der Waals surface area contributed by atoms with Crippen LogP contribution in [-0.2, 0) is 6.54 Å². The number of aromatic nitrogens is 3. The van der Waals surface area contributed by atoms with Crippen molar-refractivity contribution in [3.05, 3.63) is 11.6 Å². The largest absolute Gasteiger partial charge is 0.324 e. The summed E-state index contributed by atoms with van der Waals surface area (Å²) in [4.78, 5) is 0. The average Bonchev–Trinajstić information content (AvgIpc) is 3.09. The highest BCUT2D eigenvalue weighted by Crippen LogP contribution is 2.49. The minimum atomic E-state index is 0.518. The SMILES string of the molecule is CC1CC1c1nnc(CN)n1C1CC1. The van der Waals surface area contributed by atoms with E-state index in [-0.39, 0.29) is 0 Å². The molecular formula is C10H16N4. The topological polar surface area (TPSA) is 56.7 Å². The van der Waals surface area contributed by atoms with E-state index < -0.39 is 0 Å². The molecule has 76 valence electrons. The number of hydrogen-bond acceptors (Lipinski definition) is 3. The highest BCUT2D eigenvalue weighted by atomic mass is 15.3. The maximum absolute atomic E-state index is 5.66. The fourth-order valence-corrected chi connectivity index (χ4v) is 2.14. The molecule has 1 aromatic rings. The van der Waals surface area contributed by atoms with Crippen LogP contribution in [0.5, 0.6) is 0 Å². The molecule has 0 aliphatic heterocycles. The monoisotopic (exact) mass is 192 g/mol. The molecular weight excluding hydrogens is 176 g/mol. The molecule has 0 bridgehead atoms. The van der Waals surface area contributed by atoms with Gasteiger partial charge < -0.3 is 10.3 Å². The van der Waals surface area contributed by atoms with Crippen LogP contribution in [0.25, 0.3) is 0 Å². The zero-order valence-corrected chi connectivity index (χ0v) is 8.48. The van der Waals surface area contributed by atoms with Crippen LogP contribution in [0.2, 0.25) is 0 Å². The molecule has 0 aromatic carbocycles. The summed E-state index contributed by atoms with van der Waals surface area (Å²) in [6.45, 7) is 2.79. The van der Waals surface area contributed by atoms with E-state index in [0.717, 1.165) is 11.7 Å². The molecule has 2 fully saturated rings. The second-order valence-corrected chi connectivity index (χ2v) is 4.60. The maximum Gasteiger partial charge on any atom is 0.147 e. The first-order valence-electron chi connectivity index (χ1n) is 5.45. The lowest BCUT2D eigenvalue weighted by Crippen LogP contribution is -2.09. The van der Waals surface area contributed by atoms with Gasteiger partial charge in [-0.2, -0.15) is 0 Å². The van der Waals surface area contributed by atoms with E-state index in [1.165, 1.54) is 25.1 Å². The molecule has 14 heavy (non-hydrogen) atoms. The summed E-state index contributed by atoms with van der Waals surface area (Å²) in [5.41, 5.74) is 5.66. The van der Waals surface area contributed by atoms with Gasteiger partial charge in [0.05, 0.1) is 6.54 Å². The van der Waals surface area contributed by atoms with Gasteiger partial charge in [-0.25, -0.2) is 0 Å². The first-order valence-corrected chi connectivity index (χ1v) is 5.45. The van der Waals surface area contributed by atoms with Crippen LogP contribution in [0.1, 0.15) is 49.8 Å². The summed E-state index contributed by atoms with van der Waals surface area (Å²) >= 11 is 0. The van der Waals surface area contributed by atoms with Gasteiger partial charge in [0.25, 0.3) is 0 Å². The van der Waals surface area contributed by atoms with E-state index >= 15 is 0 Å². The summed E-state index contributed by atoms with van der Waals surface area (Å²) < 4.78 is 2.30. The van der Waals surface area contributed by atoms with E-state index in [1.807, 2.05) is 0 Å². The number of hydrogen-bond donors (Lipinski definition) is 1. The van der Waals surface area contributed by atoms with E-state index in [1.54, 1.807) is 0 Å². The minimum Gasteiger partial charge on any atom is -0.324 e. The molecule has 2 unspecified atom stereocenters. The highest BCUT2D eigenvalue weighted by Gasteiger charge is 2.41. The van der Waals surface area contributed by atoms with E-state index in [2.05, 4.69) is 21.7 Å². The van der Waals surface area contributed by atoms with Crippen LogP contribution < -0.4 is 5.73 Å². The van der Waals surface area contributed by atoms with E-state index in [0.29, 0.717) is 18.5 Å². The Labute approximate surface area is 83.5 Å². The van der Waals surface area contributed by atoms with Crippen molar-refractivity contribution in [1.29, 1.82) is 0 Å². The Bertz CT molecular complexity index is 353. The van der Waals surface area contributed by atoms with Crippen LogP contribution in [0.3, 0.4) is 0 Å². The summed E-state index contributed by atoms with van der Waals surface area (Å²) in [6.07, 6.45) is 3.83. The van der Waals surface area contributed by atoms with Gasteiger partial charge >= 0.3 is 0 Å². The molecule has 0 amide bonds. The molecule has 2 aliphatic carbocycles. The van der Waals surface area contributed by atoms with Crippen molar-refractivity contribution in [1.82, 2.24) is 14.8 Å². The fourth-order valence-electron chi connectivity index (χ4n) is 2.14. The van der Waals surface area contributed by atoms with Crippen LogP contribution in [0.15, 0.2) is 0 Å². The van der Waals surface area contributed by atoms with Gasteiger partial charge in [0.1, 0.15) is 11.6 Å². The van der Waals surface area contributed by atoms with Crippen molar-refractivity contribution >= 4 is 0 Å². The van der Waals surface area contributed by atoms with Crippen molar-refractivity contribution < 1.29 is 0 Å². The van der Waals surface area contributed by atoms with Crippen LogP contribution in [-0.4, -0.2) is 14.8 Å². The predicted molar refractivity (Wildman–Crippen MR) is 52.7 cm³/mol. The first-order chi connectivity index (χ1) is 6.81. The molecule has 0 radical (unpaired) electrons. The summed E-state index contributed by atoms with van der Waals surface area (Å²) in [5.74, 6) is 3.62. The van der Waals surface area contributed by atoms with E-state index in [4.69, 9.17) is 5.73 Å². The van der Waals surface area contributed by atoms with Gasteiger partial charge in [0.15, 0.2) is 0 Å². The average molecular weight is 192 g/mol. The second kappa shape index (κ2) is 2.79. The number of rotatable bonds is 3. The molecule has 0 spiro atoms. The molecule has 4 nitrogen and oxygen atoms in total. The van der Waals surface area contributed by atoms with Gasteiger partial charge in [-0.15, -0.1) is 10.2 Å². The van der Waals surface area contributed by atoms with Gasteiger partial charge in [-0.3, -0.25) is 0 Å². The lowest BCUT2D eigenvalue weighted by molar-refractivity contribution is 0.636. The fraction of sp³-hybridized carbons (Fsp3) is 0.800. The van der Waals surface area contributed by atoms with Crippen LogP contribution in [0, 0.1) is 5.92 Å². The van der Waals surface area contributed by atoms with E-state index in [9.17, 15) is 0 Å². The summed E-state index contributed by atoms with van der Waals surface area (Å²) in [7, 11) is 0. The Morgan fingerprint density at radius 2 is 2.14 bits per heavy atom. The Morgan fingerprint density at radius 3 is 2.64 bits per heavy atom. The van der Waals surface area contributed by atoms with Crippen molar-refractivity contribution in [2.24, 2.45) is 11.7 Å². The quantitative estimate of drug-likeness (QED) is 0.782. The van der Waals surface area contributed by atoms with Gasteiger partial charge in [0.2, 0.25) is 0 Å². The molecule has 2 aliphatic rings. The molecule has 4 heteroatoms. The van der Waals surface area contributed by atoms with Gasteiger partial charge in [0, 0.05) is 12.0 Å². The number of nitrogens with two attached hydrogens (primary N) is 1. The molecule has 1 aromatic heterocycles. The molecule has 0 saturated heterocycles. The van der Waals surface area contributed by atoms with Crippen molar-refractivity contribution in [2.75, 3.05) is 0 Å². The molecule has 2 saturated carbocycles. The third kappa shape index (κ3) is 1.17. The summed E-state index contributed by atoms with van der Waals surface area (Å²) in [6, 6.07) is 0.659. The molecule has 2 N–H and O–H groups in total. The Balaban J connectivity index is 1.97. The van der Waals surface area contributed by atoms with Gasteiger partial charge in [-0.1, -0.05) is 6.92 Å². The second-order valence-electron chi connectivity index (χ2n) is 4.60. The Hall–Kier alpha value is -0.900. The third-order valence-electron chi connectivity index (χ3n) is 3.33.